The number of aromatic nitrogens is 1. The Morgan fingerprint density at radius 3 is 2.63 bits per heavy atom. The SMILES string of the molecule is CN(C(=O)C1CCc2c(c3cc([N+](=O)[O-])ccc3n2CC(=O)O)C1)c1ccccc1. The van der Waals surface area contributed by atoms with Gasteiger partial charge in [0, 0.05) is 47.4 Å². The van der Waals surface area contributed by atoms with E-state index in [9.17, 15) is 24.8 Å². The van der Waals surface area contributed by atoms with Crippen LogP contribution in [0.5, 0.6) is 0 Å². The van der Waals surface area contributed by atoms with Crippen LogP contribution in [0, 0.1) is 16.0 Å². The van der Waals surface area contributed by atoms with E-state index in [2.05, 4.69) is 0 Å². The van der Waals surface area contributed by atoms with Crippen molar-refractivity contribution >= 4 is 34.2 Å². The predicted molar refractivity (Wildman–Crippen MR) is 112 cm³/mol. The van der Waals surface area contributed by atoms with Gasteiger partial charge in [0.15, 0.2) is 0 Å². The fraction of sp³-hybridized carbons (Fsp3) is 0.273. The molecule has 2 aromatic carbocycles. The van der Waals surface area contributed by atoms with E-state index < -0.39 is 10.9 Å². The number of aliphatic carboxylic acids is 1. The molecule has 8 heteroatoms. The first-order valence-corrected chi connectivity index (χ1v) is 9.69. The molecule has 1 amide bonds. The zero-order chi connectivity index (χ0) is 21.4. The number of anilines is 1. The van der Waals surface area contributed by atoms with Gasteiger partial charge in [0.1, 0.15) is 6.54 Å². The molecule has 154 valence electrons. The smallest absolute Gasteiger partial charge is 0.323 e. The van der Waals surface area contributed by atoms with Crippen LogP contribution in [0.25, 0.3) is 10.9 Å². The van der Waals surface area contributed by atoms with Crippen molar-refractivity contribution in [2.24, 2.45) is 5.92 Å². The number of hydrogen-bond acceptors (Lipinski definition) is 4. The van der Waals surface area contributed by atoms with Crippen molar-refractivity contribution in [3.63, 3.8) is 0 Å². The van der Waals surface area contributed by atoms with Gasteiger partial charge in [-0.3, -0.25) is 19.7 Å². The van der Waals surface area contributed by atoms with E-state index in [0.29, 0.717) is 30.2 Å². The minimum Gasteiger partial charge on any atom is -0.480 e. The van der Waals surface area contributed by atoms with Gasteiger partial charge in [0.2, 0.25) is 5.91 Å². The Morgan fingerprint density at radius 1 is 1.23 bits per heavy atom. The van der Waals surface area contributed by atoms with Crippen molar-refractivity contribution in [1.82, 2.24) is 4.57 Å². The molecular weight excluding hydrogens is 386 g/mol. The number of carbonyl (C=O) groups excluding carboxylic acids is 1. The number of carbonyl (C=O) groups is 2. The highest BCUT2D eigenvalue weighted by molar-refractivity contribution is 5.96. The van der Waals surface area contributed by atoms with Crippen LogP contribution >= 0.6 is 0 Å². The van der Waals surface area contributed by atoms with Crippen LogP contribution in [0.3, 0.4) is 0 Å². The highest BCUT2D eigenvalue weighted by atomic mass is 16.6. The Kier molecular flexibility index (Phi) is 4.99. The average Bonchev–Trinajstić information content (AvgIpc) is 3.05. The largest absolute Gasteiger partial charge is 0.480 e. The summed E-state index contributed by atoms with van der Waals surface area (Å²) in [5.41, 5.74) is 3.09. The molecule has 3 aromatic rings. The first-order valence-electron chi connectivity index (χ1n) is 9.69. The molecule has 1 aromatic heterocycles. The van der Waals surface area contributed by atoms with Gasteiger partial charge in [0.05, 0.1) is 4.92 Å². The monoisotopic (exact) mass is 407 g/mol. The Bertz CT molecular complexity index is 1150. The van der Waals surface area contributed by atoms with E-state index in [4.69, 9.17) is 0 Å². The summed E-state index contributed by atoms with van der Waals surface area (Å²) in [6, 6.07) is 13.8. The summed E-state index contributed by atoms with van der Waals surface area (Å²) in [7, 11) is 1.74. The number of amides is 1. The van der Waals surface area contributed by atoms with Gasteiger partial charge < -0.3 is 14.6 Å². The lowest BCUT2D eigenvalue weighted by atomic mass is 9.85. The minimum absolute atomic E-state index is 0.0172. The highest BCUT2D eigenvalue weighted by Crippen LogP contribution is 2.37. The van der Waals surface area contributed by atoms with Gasteiger partial charge >= 0.3 is 5.97 Å². The van der Waals surface area contributed by atoms with Crippen LogP contribution < -0.4 is 4.90 Å². The predicted octanol–water partition coefficient (Wildman–Crippen LogP) is 3.40. The Hall–Kier alpha value is -3.68. The normalized spacial score (nSPS) is 15.6. The Morgan fingerprint density at radius 2 is 1.97 bits per heavy atom. The van der Waals surface area contributed by atoms with Gasteiger partial charge in [-0.2, -0.15) is 0 Å². The van der Waals surface area contributed by atoms with Gasteiger partial charge in [0.25, 0.3) is 5.69 Å². The zero-order valence-electron chi connectivity index (χ0n) is 16.4. The Balaban J connectivity index is 1.73. The minimum atomic E-state index is -0.977. The van der Waals surface area contributed by atoms with E-state index in [1.165, 1.54) is 12.1 Å². The fourth-order valence-corrected chi connectivity index (χ4v) is 4.33. The standard InChI is InChI=1S/C22H21N3O5/c1-23(15-5-3-2-4-6-15)22(28)14-7-9-19-17(11-14)18-12-16(25(29)30)8-10-20(18)24(19)13-21(26)27/h2-6,8,10,12,14H,7,9,11,13H2,1H3,(H,26,27). The number of carboxylic acids is 1. The number of nitrogens with zero attached hydrogens (tertiary/aromatic N) is 3. The highest BCUT2D eigenvalue weighted by Gasteiger charge is 2.32. The molecule has 4 rings (SSSR count). The molecule has 1 aliphatic rings. The van der Waals surface area contributed by atoms with Crippen LogP contribution in [0.2, 0.25) is 0 Å². The summed E-state index contributed by atoms with van der Waals surface area (Å²) in [5.74, 6) is -1.27. The van der Waals surface area contributed by atoms with E-state index in [1.54, 1.807) is 22.6 Å². The molecule has 0 aliphatic heterocycles. The first kappa shape index (κ1) is 19.6. The van der Waals surface area contributed by atoms with Crippen molar-refractivity contribution in [1.29, 1.82) is 0 Å². The number of nitro benzene ring substituents is 1. The average molecular weight is 407 g/mol. The molecule has 30 heavy (non-hydrogen) atoms. The van der Waals surface area contributed by atoms with Crippen molar-refractivity contribution < 1.29 is 19.6 Å². The number of para-hydroxylation sites is 1. The van der Waals surface area contributed by atoms with Crippen molar-refractivity contribution in [2.45, 2.75) is 25.8 Å². The van der Waals surface area contributed by atoms with E-state index in [0.717, 1.165) is 16.9 Å². The lowest BCUT2D eigenvalue weighted by Gasteiger charge is -2.27. The lowest BCUT2D eigenvalue weighted by molar-refractivity contribution is -0.384. The second-order valence-electron chi connectivity index (χ2n) is 7.54. The first-order chi connectivity index (χ1) is 14.4. The second-order valence-corrected chi connectivity index (χ2v) is 7.54. The zero-order valence-corrected chi connectivity index (χ0v) is 16.4. The summed E-state index contributed by atoms with van der Waals surface area (Å²) < 4.78 is 1.71. The number of rotatable bonds is 5. The maximum atomic E-state index is 13.1. The third kappa shape index (κ3) is 3.41. The third-order valence-corrected chi connectivity index (χ3v) is 5.78. The number of hydrogen-bond donors (Lipinski definition) is 1. The van der Waals surface area contributed by atoms with Gasteiger partial charge in [-0.1, -0.05) is 18.2 Å². The van der Waals surface area contributed by atoms with E-state index in [1.807, 2.05) is 30.3 Å². The van der Waals surface area contributed by atoms with Crippen molar-refractivity contribution in [2.75, 3.05) is 11.9 Å². The number of carboxylic acid groups (broad SMARTS) is 1. The summed E-state index contributed by atoms with van der Waals surface area (Å²) in [6.45, 7) is -0.216. The summed E-state index contributed by atoms with van der Waals surface area (Å²) >= 11 is 0. The quantitative estimate of drug-likeness (QED) is 0.515. The van der Waals surface area contributed by atoms with Crippen molar-refractivity contribution in [3.05, 3.63) is 69.9 Å². The number of non-ortho nitro benzene ring substituents is 1. The second kappa shape index (κ2) is 7.62. The molecule has 1 heterocycles. The van der Waals surface area contributed by atoms with Crippen LogP contribution in [0.4, 0.5) is 11.4 Å². The van der Waals surface area contributed by atoms with Crippen LogP contribution in [0.1, 0.15) is 17.7 Å². The molecule has 0 fully saturated rings. The third-order valence-electron chi connectivity index (χ3n) is 5.78. The van der Waals surface area contributed by atoms with E-state index in [-0.39, 0.29) is 24.1 Å². The fourth-order valence-electron chi connectivity index (χ4n) is 4.33. The van der Waals surface area contributed by atoms with E-state index >= 15 is 0 Å². The molecule has 0 spiro atoms. The molecular formula is C22H21N3O5. The molecule has 1 unspecified atom stereocenters. The molecule has 1 aliphatic carbocycles. The van der Waals surface area contributed by atoms with Crippen LogP contribution in [-0.4, -0.2) is 33.5 Å². The van der Waals surface area contributed by atoms with Gasteiger partial charge in [-0.25, -0.2) is 0 Å². The molecule has 1 atom stereocenters. The molecule has 8 nitrogen and oxygen atoms in total. The summed E-state index contributed by atoms with van der Waals surface area (Å²) in [4.78, 5) is 37.0. The van der Waals surface area contributed by atoms with Gasteiger partial charge in [-0.15, -0.1) is 0 Å². The molecule has 0 saturated heterocycles. The van der Waals surface area contributed by atoms with Crippen LogP contribution in [0.15, 0.2) is 48.5 Å². The topological polar surface area (TPSA) is 106 Å². The number of benzene rings is 2. The maximum absolute atomic E-state index is 13.1. The Labute approximate surface area is 172 Å². The maximum Gasteiger partial charge on any atom is 0.323 e. The molecule has 0 saturated carbocycles. The molecule has 0 radical (unpaired) electrons. The van der Waals surface area contributed by atoms with Gasteiger partial charge in [-0.05, 0) is 43.0 Å². The molecule has 1 N–H and O–H groups in total. The van der Waals surface area contributed by atoms with Crippen LogP contribution in [-0.2, 0) is 29.0 Å². The number of fused-ring (bicyclic) bond motifs is 3. The summed E-state index contributed by atoms with van der Waals surface area (Å²) in [5, 5.41) is 21.3. The lowest BCUT2D eigenvalue weighted by Crippen LogP contribution is -2.36. The number of nitro groups is 1. The summed E-state index contributed by atoms with van der Waals surface area (Å²) in [6.07, 6.45) is 1.57. The van der Waals surface area contributed by atoms with Crippen molar-refractivity contribution in [3.8, 4) is 0 Å². The molecule has 0 bridgehead atoms.